The molecule has 0 heterocycles. The first-order valence-corrected chi connectivity index (χ1v) is 11.1. The van der Waals surface area contributed by atoms with E-state index in [0.29, 0.717) is 34.7 Å². The number of benzene rings is 2. The summed E-state index contributed by atoms with van der Waals surface area (Å²) >= 11 is 8.85. The maximum absolute atomic E-state index is 13.0. The SMILES string of the molecule is Cc1cc([S+]([O-])c2cc(Br)c(OCCO)c(Br)c2)cc(Br)c1OCCO. The maximum atomic E-state index is 13.0. The van der Waals surface area contributed by atoms with Gasteiger partial charge < -0.3 is 24.2 Å². The molecule has 9 heteroatoms. The number of hydrogen-bond donors (Lipinski definition) is 2. The molecule has 0 saturated carbocycles. The average molecular weight is 573 g/mol. The highest BCUT2D eigenvalue weighted by Crippen LogP contribution is 2.39. The molecule has 0 spiro atoms. The standard InChI is InChI=1S/C17H17Br3O5S/c1-10-6-11(7-13(18)16(10)24-4-2-21)26(23)12-8-14(19)17(15(20)9-12)25-5-3-22/h6-9,21-22H,2-5H2,1H3. The van der Waals surface area contributed by atoms with Crippen molar-refractivity contribution in [1.82, 2.24) is 0 Å². The summed E-state index contributed by atoms with van der Waals surface area (Å²) in [5, 5.41) is 17.8. The van der Waals surface area contributed by atoms with Crippen molar-refractivity contribution in [3.05, 3.63) is 43.2 Å². The van der Waals surface area contributed by atoms with Crippen LogP contribution >= 0.6 is 47.8 Å². The van der Waals surface area contributed by atoms with E-state index in [-0.39, 0.29) is 26.4 Å². The van der Waals surface area contributed by atoms with Crippen molar-refractivity contribution in [2.75, 3.05) is 26.4 Å². The number of aliphatic hydroxyl groups is 2. The second-order valence-electron chi connectivity index (χ2n) is 5.18. The predicted octanol–water partition coefficient (Wildman–Crippen LogP) is 4.19. The summed E-state index contributed by atoms with van der Waals surface area (Å²) in [6, 6.07) is 7.00. The minimum absolute atomic E-state index is 0.0771. The number of hydrogen-bond acceptors (Lipinski definition) is 5. The Kier molecular flexibility index (Phi) is 8.72. The number of halogens is 3. The summed E-state index contributed by atoms with van der Waals surface area (Å²) in [6.07, 6.45) is 0. The Morgan fingerprint density at radius 2 is 1.27 bits per heavy atom. The van der Waals surface area contributed by atoms with Crippen molar-refractivity contribution in [3.8, 4) is 11.5 Å². The molecular formula is C17H17Br3O5S. The third-order valence-electron chi connectivity index (χ3n) is 3.28. The van der Waals surface area contributed by atoms with Crippen molar-refractivity contribution in [1.29, 1.82) is 0 Å². The summed E-state index contributed by atoms with van der Waals surface area (Å²) < 4.78 is 25.9. The van der Waals surface area contributed by atoms with Crippen molar-refractivity contribution < 1.29 is 24.2 Å². The highest BCUT2D eigenvalue weighted by atomic mass is 79.9. The molecule has 1 unspecified atom stereocenters. The Hall–Kier alpha value is -0.290. The molecule has 0 radical (unpaired) electrons. The van der Waals surface area contributed by atoms with Gasteiger partial charge in [-0.15, -0.1) is 0 Å². The lowest BCUT2D eigenvalue weighted by Crippen LogP contribution is -2.07. The van der Waals surface area contributed by atoms with Gasteiger partial charge in [0.15, 0.2) is 9.79 Å². The topological polar surface area (TPSA) is 82.0 Å². The fraction of sp³-hybridized carbons (Fsp3) is 0.294. The minimum Gasteiger partial charge on any atom is -0.606 e. The van der Waals surface area contributed by atoms with E-state index in [2.05, 4.69) is 47.8 Å². The lowest BCUT2D eigenvalue weighted by atomic mass is 10.2. The van der Waals surface area contributed by atoms with Crippen LogP contribution in [0, 0.1) is 6.92 Å². The molecular weight excluding hydrogens is 556 g/mol. The average Bonchev–Trinajstić information content (AvgIpc) is 2.59. The molecule has 0 amide bonds. The molecule has 142 valence electrons. The van der Waals surface area contributed by atoms with Gasteiger partial charge in [-0.05, 0) is 60.3 Å². The van der Waals surface area contributed by atoms with Crippen LogP contribution in [0.4, 0.5) is 0 Å². The molecule has 5 nitrogen and oxygen atoms in total. The Morgan fingerprint density at radius 3 is 1.73 bits per heavy atom. The van der Waals surface area contributed by atoms with Crippen LogP contribution in [-0.4, -0.2) is 41.2 Å². The molecule has 0 bridgehead atoms. The molecule has 1 atom stereocenters. The van der Waals surface area contributed by atoms with E-state index in [1.165, 1.54) is 0 Å². The fourth-order valence-electron chi connectivity index (χ4n) is 2.20. The van der Waals surface area contributed by atoms with Gasteiger partial charge in [-0.1, -0.05) is 0 Å². The summed E-state index contributed by atoms with van der Waals surface area (Å²) in [5.41, 5.74) is 0.817. The quantitative estimate of drug-likeness (QED) is 0.464. The highest BCUT2D eigenvalue weighted by Gasteiger charge is 2.22. The van der Waals surface area contributed by atoms with Crippen LogP contribution in [-0.2, 0) is 11.2 Å². The summed E-state index contributed by atoms with van der Waals surface area (Å²) in [6.45, 7) is 2.05. The second kappa shape index (κ2) is 10.3. The number of aryl methyl sites for hydroxylation is 1. The monoisotopic (exact) mass is 570 g/mol. The maximum Gasteiger partial charge on any atom is 0.160 e. The molecule has 0 aromatic heterocycles. The van der Waals surface area contributed by atoms with Gasteiger partial charge in [-0.25, -0.2) is 0 Å². The Bertz CT molecular complexity index is 663. The molecule has 2 N–H and O–H groups in total. The van der Waals surface area contributed by atoms with Gasteiger partial charge in [0.05, 0.1) is 26.6 Å². The van der Waals surface area contributed by atoms with Crippen LogP contribution in [0.25, 0.3) is 0 Å². The van der Waals surface area contributed by atoms with Crippen molar-refractivity contribution >= 4 is 59.0 Å². The second-order valence-corrected chi connectivity index (χ2v) is 9.22. The first-order valence-electron chi connectivity index (χ1n) is 7.57. The van der Waals surface area contributed by atoms with E-state index in [9.17, 15) is 4.55 Å². The van der Waals surface area contributed by atoms with E-state index >= 15 is 0 Å². The Balaban J connectivity index is 2.32. The molecule has 2 aromatic carbocycles. The van der Waals surface area contributed by atoms with E-state index in [1.54, 1.807) is 24.3 Å². The van der Waals surface area contributed by atoms with E-state index in [1.807, 2.05) is 6.92 Å². The molecule has 2 aromatic rings. The highest BCUT2D eigenvalue weighted by molar-refractivity contribution is 9.11. The van der Waals surface area contributed by atoms with Crippen molar-refractivity contribution in [3.63, 3.8) is 0 Å². The first kappa shape index (κ1) is 22.0. The molecule has 2 rings (SSSR count). The van der Waals surface area contributed by atoms with Crippen LogP contribution < -0.4 is 9.47 Å². The summed E-state index contributed by atoms with van der Waals surface area (Å²) in [7, 11) is 0. The van der Waals surface area contributed by atoms with Gasteiger partial charge in [0.1, 0.15) is 24.7 Å². The van der Waals surface area contributed by atoms with Crippen LogP contribution in [0.1, 0.15) is 5.56 Å². The van der Waals surface area contributed by atoms with Crippen molar-refractivity contribution in [2.45, 2.75) is 16.7 Å². The summed E-state index contributed by atoms with van der Waals surface area (Å²) in [4.78, 5) is 1.21. The molecule has 0 saturated heterocycles. The zero-order valence-corrected chi connectivity index (χ0v) is 19.4. The molecule has 0 aliphatic rings. The predicted molar refractivity (Wildman–Crippen MR) is 111 cm³/mol. The third-order valence-corrected chi connectivity index (χ3v) is 6.37. The van der Waals surface area contributed by atoms with Gasteiger partial charge in [0, 0.05) is 35.4 Å². The molecule has 26 heavy (non-hydrogen) atoms. The number of ether oxygens (including phenoxy) is 2. The minimum atomic E-state index is -1.42. The number of aliphatic hydroxyl groups excluding tert-OH is 2. The van der Waals surface area contributed by atoms with Crippen LogP contribution in [0.2, 0.25) is 0 Å². The van der Waals surface area contributed by atoms with Gasteiger partial charge in [0.25, 0.3) is 0 Å². The van der Waals surface area contributed by atoms with Gasteiger partial charge >= 0.3 is 0 Å². The van der Waals surface area contributed by atoms with Crippen molar-refractivity contribution in [2.24, 2.45) is 0 Å². The van der Waals surface area contributed by atoms with E-state index in [0.717, 1.165) is 5.56 Å². The number of rotatable bonds is 8. The van der Waals surface area contributed by atoms with Crippen LogP contribution in [0.5, 0.6) is 11.5 Å². The van der Waals surface area contributed by atoms with Gasteiger partial charge in [-0.3, -0.25) is 0 Å². The van der Waals surface area contributed by atoms with Crippen LogP contribution in [0.15, 0.2) is 47.5 Å². The fourth-order valence-corrected chi connectivity index (χ4v) is 5.98. The van der Waals surface area contributed by atoms with E-state index in [4.69, 9.17) is 19.7 Å². The lowest BCUT2D eigenvalue weighted by molar-refractivity contribution is 0.200. The Morgan fingerprint density at radius 1 is 0.846 bits per heavy atom. The lowest BCUT2D eigenvalue weighted by Gasteiger charge is -2.16. The first-order chi connectivity index (χ1) is 12.4. The normalized spacial score (nSPS) is 12.1. The smallest absolute Gasteiger partial charge is 0.160 e. The molecule has 0 aliphatic carbocycles. The zero-order chi connectivity index (χ0) is 19.3. The third kappa shape index (κ3) is 5.37. The van der Waals surface area contributed by atoms with E-state index < -0.39 is 11.2 Å². The van der Waals surface area contributed by atoms with Gasteiger partial charge in [0.2, 0.25) is 0 Å². The van der Waals surface area contributed by atoms with Crippen LogP contribution in [0.3, 0.4) is 0 Å². The molecule has 0 fully saturated rings. The zero-order valence-electron chi connectivity index (χ0n) is 13.8. The largest absolute Gasteiger partial charge is 0.606 e. The Labute approximate surface area is 180 Å². The summed E-state index contributed by atoms with van der Waals surface area (Å²) in [5.74, 6) is 1.17. The van der Waals surface area contributed by atoms with Gasteiger partial charge in [-0.2, -0.15) is 0 Å². The molecule has 0 aliphatic heterocycles.